The Morgan fingerprint density at radius 3 is 2.73 bits per heavy atom. The normalized spacial score (nSPS) is 13.2. The maximum Gasteiger partial charge on any atom is 0.358 e. The van der Waals surface area contributed by atoms with Gasteiger partial charge in [-0.15, -0.1) is 0 Å². The molecule has 0 aliphatic rings. The number of nitrogens with zero attached hydrogens (tertiary/aromatic N) is 5. The minimum absolute atomic E-state index is 0.0546. The lowest BCUT2D eigenvalue weighted by Crippen LogP contribution is -2.00. The topological polar surface area (TPSA) is 74.3 Å². The summed E-state index contributed by atoms with van der Waals surface area (Å²) in [7, 11) is 1.24. The first-order chi connectivity index (χ1) is 13.8. The number of aromatic nitrogens is 5. The molecule has 0 aliphatic heterocycles. The molecule has 0 spiro atoms. The zero-order valence-corrected chi connectivity index (χ0v) is 13.5. The van der Waals surface area contributed by atoms with Crippen molar-refractivity contribution in [3.63, 3.8) is 0 Å². The Kier molecular flexibility index (Phi) is 2.98. The summed E-state index contributed by atoms with van der Waals surface area (Å²) >= 11 is 0. The maximum atomic E-state index is 13.4. The Bertz CT molecular complexity index is 1210. The number of carbonyl (C=O) groups excluding carboxylic acids is 1. The van der Waals surface area contributed by atoms with Crippen molar-refractivity contribution in [2.24, 2.45) is 6.98 Å². The van der Waals surface area contributed by atoms with Crippen LogP contribution in [0.3, 0.4) is 0 Å². The van der Waals surface area contributed by atoms with Gasteiger partial charge in [-0.1, -0.05) is 0 Å². The van der Waals surface area contributed by atoms with Gasteiger partial charge in [-0.3, -0.25) is 4.68 Å². The fraction of sp³-hybridized carbons (Fsp3) is 0.111. The number of imidazole rings is 1. The predicted octanol–water partition coefficient (Wildman–Crippen LogP) is 2.72. The van der Waals surface area contributed by atoms with Gasteiger partial charge in [0.1, 0.15) is 11.5 Å². The minimum Gasteiger partial charge on any atom is -0.464 e. The highest BCUT2D eigenvalue weighted by Gasteiger charge is 2.19. The molecule has 8 heteroatoms. The monoisotopic (exact) mass is 354 g/mol. The summed E-state index contributed by atoms with van der Waals surface area (Å²) in [5.41, 5.74) is 2.18. The van der Waals surface area contributed by atoms with E-state index in [1.54, 1.807) is 6.07 Å². The first-order valence-electron chi connectivity index (χ1n) is 9.07. The van der Waals surface area contributed by atoms with Crippen LogP contribution in [0.2, 0.25) is 0 Å². The van der Waals surface area contributed by atoms with E-state index in [1.165, 1.54) is 54.5 Å². The van der Waals surface area contributed by atoms with E-state index in [9.17, 15) is 9.18 Å². The van der Waals surface area contributed by atoms with Gasteiger partial charge < -0.3 is 4.74 Å². The van der Waals surface area contributed by atoms with Crippen LogP contribution in [0.1, 0.15) is 14.6 Å². The van der Waals surface area contributed by atoms with Crippen LogP contribution in [0.5, 0.6) is 0 Å². The van der Waals surface area contributed by atoms with Crippen molar-refractivity contribution in [2.75, 3.05) is 7.11 Å². The number of methoxy groups -OCH3 is 1. The molecule has 0 unspecified atom stereocenters. The molecule has 130 valence electrons. The number of halogens is 1. The molecule has 0 N–H and O–H groups in total. The Balaban J connectivity index is 1.97. The second-order valence-corrected chi connectivity index (χ2v) is 5.47. The zero-order chi connectivity index (χ0) is 20.8. The zero-order valence-electron chi connectivity index (χ0n) is 16.5. The number of benzene rings is 1. The number of hydrogen-bond acceptors (Lipinski definition) is 5. The summed E-state index contributed by atoms with van der Waals surface area (Å²) in [6, 6.07) is 7.18. The van der Waals surface area contributed by atoms with Crippen LogP contribution in [0, 0.1) is 5.82 Å². The van der Waals surface area contributed by atoms with Crippen LogP contribution < -0.4 is 0 Å². The van der Waals surface area contributed by atoms with Gasteiger partial charge in [0.2, 0.25) is 0 Å². The first kappa shape index (κ1) is 12.8. The standard InChI is InChI=1S/C18H14FN5O2/c1-23-9-14(16(22-23)11-3-5-12(19)6-4-11)13-7-8-20-24-10-15(18(25)26-2)21-17(13)24/h3-10H,1-2H3/i1D3. The molecule has 0 bridgehead atoms. The van der Waals surface area contributed by atoms with Gasteiger partial charge in [-0.2, -0.15) is 10.2 Å². The Hall–Kier alpha value is -3.55. The van der Waals surface area contributed by atoms with E-state index >= 15 is 0 Å². The van der Waals surface area contributed by atoms with Gasteiger partial charge in [0, 0.05) is 40.2 Å². The van der Waals surface area contributed by atoms with E-state index in [4.69, 9.17) is 8.85 Å². The predicted molar refractivity (Wildman–Crippen MR) is 91.9 cm³/mol. The van der Waals surface area contributed by atoms with Gasteiger partial charge in [0.25, 0.3) is 0 Å². The molecule has 4 aromatic rings. The molecular weight excluding hydrogens is 337 g/mol. The van der Waals surface area contributed by atoms with Crippen molar-refractivity contribution >= 4 is 11.6 Å². The Morgan fingerprint density at radius 1 is 1.19 bits per heavy atom. The number of fused-ring (bicyclic) bond motifs is 1. The number of ether oxygens (including phenoxy) is 1. The van der Waals surface area contributed by atoms with Crippen LogP contribution >= 0.6 is 0 Å². The van der Waals surface area contributed by atoms with Crippen LogP contribution in [0.25, 0.3) is 28.0 Å². The third kappa shape index (κ3) is 2.61. The molecule has 3 aromatic heterocycles. The minimum atomic E-state index is -2.51. The van der Waals surface area contributed by atoms with Gasteiger partial charge in [0.05, 0.1) is 13.3 Å². The molecule has 1 aromatic carbocycles. The second-order valence-electron chi connectivity index (χ2n) is 5.47. The molecule has 0 amide bonds. The largest absolute Gasteiger partial charge is 0.464 e. The maximum absolute atomic E-state index is 13.4. The Labute approximate surface area is 151 Å². The summed E-state index contributed by atoms with van der Waals surface area (Å²) < 4.78 is 43.3. The fourth-order valence-electron chi connectivity index (χ4n) is 2.70. The number of rotatable bonds is 3. The van der Waals surface area contributed by atoms with E-state index in [1.807, 2.05) is 0 Å². The number of carbonyl (C=O) groups is 1. The van der Waals surface area contributed by atoms with Crippen LogP contribution in [0.15, 0.2) is 48.9 Å². The second kappa shape index (κ2) is 6.07. The molecule has 0 radical (unpaired) electrons. The molecule has 7 nitrogen and oxygen atoms in total. The van der Waals surface area contributed by atoms with E-state index in [0.29, 0.717) is 28.0 Å². The van der Waals surface area contributed by atoms with Gasteiger partial charge in [0.15, 0.2) is 11.3 Å². The average Bonchev–Trinajstić information content (AvgIpc) is 3.32. The molecule has 0 atom stereocenters. The number of esters is 1. The fourth-order valence-corrected chi connectivity index (χ4v) is 2.70. The molecule has 0 fully saturated rings. The van der Waals surface area contributed by atoms with Crippen LogP contribution in [-0.2, 0) is 11.7 Å². The quantitative estimate of drug-likeness (QED) is 0.529. The SMILES string of the molecule is [2H]C([2H])([2H])n1cc(-c2ccnn3cc(C(=O)OC)nc23)c(-c2ccc(F)cc2)n1. The molecule has 4 rings (SSSR count). The van der Waals surface area contributed by atoms with Crippen LogP contribution in [-0.4, -0.2) is 37.5 Å². The van der Waals surface area contributed by atoms with Gasteiger partial charge in [-0.25, -0.2) is 18.7 Å². The van der Waals surface area contributed by atoms with E-state index in [0.717, 1.165) is 4.68 Å². The molecule has 0 aliphatic carbocycles. The van der Waals surface area contributed by atoms with Gasteiger partial charge in [-0.05, 0) is 30.3 Å². The Morgan fingerprint density at radius 2 is 2.00 bits per heavy atom. The third-order valence-electron chi connectivity index (χ3n) is 3.88. The van der Waals surface area contributed by atoms with Crippen molar-refractivity contribution in [3.05, 3.63) is 60.4 Å². The molecule has 0 saturated heterocycles. The summed E-state index contributed by atoms with van der Waals surface area (Å²) in [6.07, 6.45) is 4.27. The van der Waals surface area contributed by atoms with Crippen molar-refractivity contribution in [1.82, 2.24) is 24.4 Å². The third-order valence-corrected chi connectivity index (χ3v) is 3.88. The summed E-state index contributed by atoms with van der Waals surface area (Å²) in [6.45, 7) is -2.51. The van der Waals surface area contributed by atoms with Crippen LogP contribution in [0.4, 0.5) is 4.39 Å². The lowest BCUT2D eigenvalue weighted by atomic mass is 10.0. The highest BCUT2D eigenvalue weighted by Crippen LogP contribution is 2.32. The molecule has 26 heavy (non-hydrogen) atoms. The first-order valence-corrected chi connectivity index (χ1v) is 7.57. The lowest BCUT2D eigenvalue weighted by molar-refractivity contribution is 0.0595. The summed E-state index contributed by atoms with van der Waals surface area (Å²) in [4.78, 5) is 16.1. The molecular formula is C18H14FN5O2. The van der Waals surface area contributed by atoms with Crippen molar-refractivity contribution in [3.8, 4) is 22.4 Å². The van der Waals surface area contributed by atoms with Crippen molar-refractivity contribution in [1.29, 1.82) is 0 Å². The lowest BCUT2D eigenvalue weighted by Gasteiger charge is -2.04. The smallest absolute Gasteiger partial charge is 0.358 e. The summed E-state index contributed by atoms with van der Waals surface area (Å²) in [5, 5.41) is 8.34. The van der Waals surface area contributed by atoms with E-state index < -0.39 is 18.8 Å². The van der Waals surface area contributed by atoms with E-state index in [2.05, 4.69) is 15.2 Å². The summed E-state index contributed by atoms with van der Waals surface area (Å²) in [5.74, 6) is -1.05. The number of aryl methyl sites for hydroxylation is 1. The highest BCUT2D eigenvalue weighted by atomic mass is 19.1. The van der Waals surface area contributed by atoms with Crippen molar-refractivity contribution in [2.45, 2.75) is 0 Å². The van der Waals surface area contributed by atoms with Gasteiger partial charge >= 0.3 is 5.97 Å². The number of hydrogen-bond donors (Lipinski definition) is 0. The van der Waals surface area contributed by atoms with E-state index in [-0.39, 0.29) is 5.69 Å². The average molecular weight is 354 g/mol. The molecule has 0 saturated carbocycles. The highest BCUT2D eigenvalue weighted by molar-refractivity contribution is 5.91. The van der Waals surface area contributed by atoms with Crippen molar-refractivity contribution < 1.29 is 18.0 Å². The molecule has 3 heterocycles.